The van der Waals surface area contributed by atoms with Crippen molar-refractivity contribution in [3.05, 3.63) is 76.8 Å². The lowest BCUT2D eigenvalue weighted by Gasteiger charge is -2.11. The van der Waals surface area contributed by atoms with Gasteiger partial charge in [0.2, 0.25) is 0 Å². The fourth-order valence-corrected chi connectivity index (χ4v) is 2.63. The van der Waals surface area contributed by atoms with Crippen molar-refractivity contribution in [2.45, 2.75) is 13.2 Å². The molecule has 1 heterocycles. The maximum Gasteiger partial charge on any atom is 0.153 e. The standard InChI is InChI=1S/C17H14ClFN2O/c18-16-15(11-22)21(10-12-6-2-1-3-7-12)17(20-16)13-8-4-5-9-14(13)19/h1-9,22H,10-11H2. The SMILES string of the molecule is OCc1c(Cl)nc(-c2ccccc2F)n1Cc1ccccc1. The van der Waals surface area contributed by atoms with Crippen LogP contribution in [0.1, 0.15) is 11.3 Å². The summed E-state index contributed by atoms with van der Waals surface area (Å²) >= 11 is 6.10. The lowest BCUT2D eigenvalue weighted by Crippen LogP contribution is -2.07. The zero-order chi connectivity index (χ0) is 15.5. The van der Waals surface area contributed by atoms with Gasteiger partial charge in [-0.15, -0.1) is 0 Å². The van der Waals surface area contributed by atoms with Gasteiger partial charge in [0.25, 0.3) is 0 Å². The molecule has 0 aliphatic heterocycles. The first kappa shape index (κ1) is 14.8. The van der Waals surface area contributed by atoms with E-state index in [1.807, 2.05) is 30.3 Å². The van der Waals surface area contributed by atoms with E-state index in [2.05, 4.69) is 4.98 Å². The highest BCUT2D eigenvalue weighted by Crippen LogP contribution is 2.28. The van der Waals surface area contributed by atoms with Gasteiger partial charge in [-0.05, 0) is 17.7 Å². The minimum atomic E-state index is -0.372. The van der Waals surface area contributed by atoms with Gasteiger partial charge in [-0.2, -0.15) is 0 Å². The molecule has 0 spiro atoms. The minimum Gasteiger partial charge on any atom is -0.390 e. The van der Waals surface area contributed by atoms with Crippen LogP contribution in [0.15, 0.2) is 54.6 Å². The van der Waals surface area contributed by atoms with Gasteiger partial charge in [-0.3, -0.25) is 0 Å². The fourth-order valence-electron chi connectivity index (χ4n) is 2.39. The average molecular weight is 317 g/mol. The Hall–Kier alpha value is -2.17. The second-order valence-corrected chi connectivity index (χ2v) is 5.24. The fraction of sp³-hybridized carbons (Fsp3) is 0.118. The van der Waals surface area contributed by atoms with Gasteiger partial charge in [0.05, 0.1) is 17.9 Å². The Morgan fingerprint density at radius 3 is 2.41 bits per heavy atom. The van der Waals surface area contributed by atoms with Crippen LogP contribution in [0.5, 0.6) is 0 Å². The van der Waals surface area contributed by atoms with Gasteiger partial charge in [-0.1, -0.05) is 54.1 Å². The zero-order valence-electron chi connectivity index (χ0n) is 11.7. The van der Waals surface area contributed by atoms with Crippen LogP contribution in [0.2, 0.25) is 5.15 Å². The molecule has 112 valence electrons. The molecule has 0 atom stereocenters. The molecule has 0 aliphatic rings. The van der Waals surface area contributed by atoms with Crippen LogP contribution in [0, 0.1) is 5.82 Å². The van der Waals surface area contributed by atoms with Crippen LogP contribution in [-0.2, 0) is 13.2 Å². The van der Waals surface area contributed by atoms with Crippen molar-refractivity contribution in [3.8, 4) is 11.4 Å². The summed E-state index contributed by atoms with van der Waals surface area (Å²) < 4.78 is 15.8. The van der Waals surface area contributed by atoms with Crippen molar-refractivity contribution in [2.24, 2.45) is 0 Å². The average Bonchev–Trinajstić information content (AvgIpc) is 2.84. The largest absolute Gasteiger partial charge is 0.390 e. The van der Waals surface area contributed by atoms with Gasteiger partial charge in [0.1, 0.15) is 11.6 Å². The summed E-state index contributed by atoms with van der Waals surface area (Å²) in [6, 6.07) is 16.1. The first-order valence-electron chi connectivity index (χ1n) is 6.85. The van der Waals surface area contributed by atoms with Crippen molar-refractivity contribution >= 4 is 11.6 Å². The quantitative estimate of drug-likeness (QED) is 0.793. The summed E-state index contributed by atoms with van der Waals surface area (Å²) in [4.78, 5) is 4.24. The molecular formula is C17H14ClFN2O. The molecule has 1 N–H and O–H groups in total. The van der Waals surface area contributed by atoms with Gasteiger partial charge in [-0.25, -0.2) is 9.37 Å². The number of aromatic nitrogens is 2. The van der Waals surface area contributed by atoms with E-state index in [0.717, 1.165) is 5.56 Å². The van der Waals surface area contributed by atoms with Crippen LogP contribution in [0.3, 0.4) is 0 Å². The minimum absolute atomic E-state index is 0.191. The lowest BCUT2D eigenvalue weighted by molar-refractivity contribution is 0.272. The van der Waals surface area contributed by atoms with Crippen molar-refractivity contribution < 1.29 is 9.50 Å². The summed E-state index contributed by atoms with van der Waals surface area (Å²) in [5.74, 6) is 0.0407. The van der Waals surface area contributed by atoms with Crippen molar-refractivity contribution in [1.29, 1.82) is 0 Å². The van der Waals surface area contributed by atoms with E-state index >= 15 is 0 Å². The van der Waals surface area contributed by atoms with Crippen LogP contribution in [0.25, 0.3) is 11.4 Å². The highest BCUT2D eigenvalue weighted by molar-refractivity contribution is 6.30. The number of imidazole rings is 1. The van der Waals surface area contributed by atoms with E-state index < -0.39 is 0 Å². The van der Waals surface area contributed by atoms with E-state index in [-0.39, 0.29) is 17.6 Å². The first-order valence-corrected chi connectivity index (χ1v) is 7.23. The zero-order valence-corrected chi connectivity index (χ0v) is 12.5. The van der Waals surface area contributed by atoms with Gasteiger partial charge in [0.15, 0.2) is 5.15 Å². The highest BCUT2D eigenvalue weighted by Gasteiger charge is 2.18. The smallest absolute Gasteiger partial charge is 0.153 e. The van der Waals surface area contributed by atoms with Gasteiger partial charge >= 0.3 is 0 Å². The molecule has 0 fully saturated rings. The Balaban J connectivity index is 2.13. The van der Waals surface area contributed by atoms with Crippen molar-refractivity contribution in [3.63, 3.8) is 0 Å². The Morgan fingerprint density at radius 1 is 1.05 bits per heavy atom. The number of aliphatic hydroxyl groups is 1. The van der Waals surface area contributed by atoms with E-state index in [0.29, 0.717) is 23.6 Å². The third-order valence-corrected chi connectivity index (χ3v) is 3.77. The predicted octanol–water partition coefficient (Wildman–Crippen LogP) is 3.88. The normalized spacial score (nSPS) is 10.9. The maximum atomic E-state index is 14.1. The van der Waals surface area contributed by atoms with Crippen LogP contribution in [-0.4, -0.2) is 14.7 Å². The molecule has 3 aromatic rings. The molecule has 22 heavy (non-hydrogen) atoms. The summed E-state index contributed by atoms with van der Waals surface area (Å²) in [5.41, 5.74) is 1.85. The molecule has 3 rings (SSSR count). The number of halogens is 2. The highest BCUT2D eigenvalue weighted by atomic mass is 35.5. The van der Waals surface area contributed by atoms with Crippen LogP contribution in [0.4, 0.5) is 4.39 Å². The Bertz CT molecular complexity index is 787. The Kier molecular flexibility index (Phi) is 4.22. The molecule has 0 unspecified atom stereocenters. The second kappa shape index (κ2) is 6.30. The first-order chi connectivity index (χ1) is 10.7. The van der Waals surface area contributed by atoms with E-state index in [9.17, 15) is 9.50 Å². The molecule has 0 bridgehead atoms. The monoisotopic (exact) mass is 316 g/mol. The number of hydrogen-bond acceptors (Lipinski definition) is 2. The van der Waals surface area contributed by atoms with Gasteiger partial charge in [0, 0.05) is 6.54 Å². The van der Waals surface area contributed by atoms with E-state index in [1.54, 1.807) is 22.8 Å². The van der Waals surface area contributed by atoms with E-state index in [1.165, 1.54) is 6.07 Å². The number of aliphatic hydroxyl groups excluding tert-OH is 1. The third kappa shape index (κ3) is 2.75. The summed E-state index contributed by atoms with van der Waals surface area (Å²) in [6.07, 6.45) is 0. The number of nitrogens with zero attached hydrogens (tertiary/aromatic N) is 2. The Morgan fingerprint density at radius 2 is 1.73 bits per heavy atom. The maximum absolute atomic E-state index is 14.1. The van der Waals surface area contributed by atoms with Crippen LogP contribution < -0.4 is 0 Å². The lowest BCUT2D eigenvalue weighted by atomic mass is 10.2. The molecular weight excluding hydrogens is 303 g/mol. The Labute approximate surface area is 132 Å². The topological polar surface area (TPSA) is 38.1 Å². The number of benzene rings is 2. The van der Waals surface area contributed by atoms with Gasteiger partial charge < -0.3 is 9.67 Å². The number of rotatable bonds is 4. The molecule has 0 aliphatic carbocycles. The molecule has 0 amide bonds. The molecule has 2 aromatic carbocycles. The van der Waals surface area contributed by atoms with Crippen LogP contribution >= 0.6 is 11.6 Å². The summed E-state index contributed by atoms with van der Waals surface area (Å²) in [5, 5.41) is 9.76. The molecule has 3 nitrogen and oxygen atoms in total. The van der Waals surface area contributed by atoms with Crippen molar-refractivity contribution in [2.75, 3.05) is 0 Å². The summed E-state index contributed by atoms with van der Waals surface area (Å²) in [6.45, 7) is 0.202. The summed E-state index contributed by atoms with van der Waals surface area (Å²) in [7, 11) is 0. The predicted molar refractivity (Wildman–Crippen MR) is 84.1 cm³/mol. The second-order valence-electron chi connectivity index (χ2n) is 4.88. The van der Waals surface area contributed by atoms with Crippen molar-refractivity contribution in [1.82, 2.24) is 9.55 Å². The molecule has 0 saturated heterocycles. The molecule has 5 heteroatoms. The molecule has 0 radical (unpaired) electrons. The molecule has 0 saturated carbocycles. The number of hydrogen-bond donors (Lipinski definition) is 1. The third-order valence-electron chi connectivity index (χ3n) is 3.47. The van der Waals surface area contributed by atoms with E-state index in [4.69, 9.17) is 11.6 Å². The molecule has 1 aromatic heterocycles.